The van der Waals surface area contributed by atoms with Gasteiger partial charge in [0, 0.05) is 11.9 Å². The largest absolute Gasteiger partial charge is 0.383 e. The Labute approximate surface area is 119 Å². The molecule has 6 heteroatoms. The Balaban J connectivity index is 2.46. The van der Waals surface area contributed by atoms with E-state index in [1.807, 2.05) is 18.2 Å². The molecule has 2 rings (SSSR count). The smallest absolute Gasteiger partial charge is 0.306 e. The second-order valence-electron chi connectivity index (χ2n) is 3.69. The highest BCUT2D eigenvalue weighted by atomic mass is 35.5. The molecule has 0 spiro atoms. The van der Waals surface area contributed by atoms with E-state index in [1.165, 1.54) is 11.8 Å². The Bertz CT molecular complexity index is 619. The third-order valence-corrected chi connectivity index (χ3v) is 4.07. The van der Waals surface area contributed by atoms with Gasteiger partial charge in [0.2, 0.25) is 0 Å². The van der Waals surface area contributed by atoms with Crippen molar-refractivity contribution in [3.8, 4) is 0 Å². The number of nitrogens with zero attached hydrogens (tertiary/aromatic N) is 1. The van der Waals surface area contributed by atoms with Crippen LogP contribution in [0.5, 0.6) is 0 Å². The zero-order valence-corrected chi connectivity index (χ0v) is 11.7. The maximum absolute atomic E-state index is 11.2. The molecule has 19 heavy (non-hydrogen) atoms. The zero-order valence-electron chi connectivity index (χ0n) is 10.1. The lowest BCUT2D eigenvalue weighted by Crippen LogP contribution is -1.98. The summed E-state index contributed by atoms with van der Waals surface area (Å²) in [5, 5.41) is 14.6. The lowest BCUT2D eigenvalue weighted by molar-refractivity contribution is -0.386. The maximum atomic E-state index is 11.2. The molecule has 0 aliphatic heterocycles. The third kappa shape index (κ3) is 3.00. The predicted octanol–water partition coefficient (Wildman–Crippen LogP) is 4.44. The molecule has 2 aromatic rings. The monoisotopic (exact) mass is 294 g/mol. The highest BCUT2D eigenvalue weighted by Gasteiger charge is 2.20. The van der Waals surface area contributed by atoms with Crippen LogP contribution in [0.2, 0.25) is 5.02 Å². The minimum Gasteiger partial charge on any atom is -0.383 e. The van der Waals surface area contributed by atoms with Crippen LogP contribution in [0.4, 0.5) is 11.4 Å². The number of halogens is 1. The van der Waals surface area contributed by atoms with Crippen LogP contribution < -0.4 is 5.32 Å². The van der Waals surface area contributed by atoms with Crippen LogP contribution in [0.3, 0.4) is 0 Å². The predicted molar refractivity (Wildman–Crippen MR) is 78.2 cm³/mol. The molecule has 98 valence electrons. The summed E-state index contributed by atoms with van der Waals surface area (Å²) in [6.07, 6.45) is 0. The number of nitro benzene ring substituents is 1. The molecule has 0 bridgehead atoms. The highest BCUT2D eigenvalue weighted by molar-refractivity contribution is 7.99. The number of nitrogens with one attached hydrogen (secondary N) is 1. The van der Waals surface area contributed by atoms with Crippen molar-refractivity contribution in [3.63, 3.8) is 0 Å². The topological polar surface area (TPSA) is 55.2 Å². The van der Waals surface area contributed by atoms with E-state index in [0.29, 0.717) is 15.6 Å². The van der Waals surface area contributed by atoms with Gasteiger partial charge in [0.05, 0.1) is 14.8 Å². The Morgan fingerprint density at radius 1 is 1.16 bits per heavy atom. The quantitative estimate of drug-likeness (QED) is 0.669. The summed E-state index contributed by atoms with van der Waals surface area (Å²) in [4.78, 5) is 12.2. The Morgan fingerprint density at radius 3 is 2.47 bits per heavy atom. The molecule has 2 aromatic carbocycles. The summed E-state index contributed by atoms with van der Waals surface area (Å²) in [7, 11) is 1.66. The van der Waals surface area contributed by atoms with Crippen LogP contribution in [0.25, 0.3) is 0 Å². The second kappa shape index (κ2) is 5.95. The van der Waals surface area contributed by atoms with Gasteiger partial charge in [-0.25, -0.2) is 0 Å². The number of benzene rings is 2. The molecule has 0 heterocycles. The van der Waals surface area contributed by atoms with Crippen LogP contribution in [0, 0.1) is 10.1 Å². The van der Waals surface area contributed by atoms with Crippen molar-refractivity contribution in [2.45, 2.75) is 9.79 Å². The number of rotatable bonds is 4. The summed E-state index contributed by atoms with van der Waals surface area (Å²) in [6, 6.07) is 12.4. The summed E-state index contributed by atoms with van der Waals surface area (Å²) in [6.45, 7) is 0. The van der Waals surface area contributed by atoms with Crippen molar-refractivity contribution in [1.82, 2.24) is 0 Å². The molecule has 0 atom stereocenters. The van der Waals surface area contributed by atoms with Gasteiger partial charge in [0.25, 0.3) is 0 Å². The van der Waals surface area contributed by atoms with Gasteiger partial charge >= 0.3 is 5.69 Å². The molecule has 0 fully saturated rings. The molecule has 0 aromatic heterocycles. The minimum atomic E-state index is -0.384. The lowest BCUT2D eigenvalue weighted by Gasteiger charge is -2.08. The van der Waals surface area contributed by atoms with Gasteiger partial charge in [-0.15, -0.1) is 0 Å². The van der Waals surface area contributed by atoms with Crippen molar-refractivity contribution in [2.24, 2.45) is 0 Å². The van der Waals surface area contributed by atoms with Gasteiger partial charge in [0.1, 0.15) is 5.69 Å². The average Bonchev–Trinajstić information content (AvgIpc) is 2.40. The van der Waals surface area contributed by atoms with E-state index in [-0.39, 0.29) is 10.6 Å². The van der Waals surface area contributed by atoms with Crippen molar-refractivity contribution >= 4 is 34.7 Å². The van der Waals surface area contributed by atoms with Crippen LogP contribution in [0.1, 0.15) is 0 Å². The molecule has 0 aliphatic carbocycles. The first-order valence-electron chi connectivity index (χ1n) is 5.51. The fourth-order valence-corrected chi connectivity index (χ4v) is 2.87. The van der Waals surface area contributed by atoms with Crippen molar-refractivity contribution < 1.29 is 4.92 Å². The number of hydrogen-bond acceptors (Lipinski definition) is 4. The van der Waals surface area contributed by atoms with Crippen LogP contribution in [-0.4, -0.2) is 12.0 Å². The Morgan fingerprint density at radius 2 is 1.84 bits per heavy atom. The molecule has 0 saturated carbocycles. The van der Waals surface area contributed by atoms with Crippen LogP contribution >= 0.6 is 23.4 Å². The van der Waals surface area contributed by atoms with Crippen molar-refractivity contribution in [2.75, 3.05) is 12.4 Å². The van der Waals surface area contributed by atoms with Gasteiger partial charge in [-0.1, -0.05) is 41.6 Å². The SMILES string of the molecule is CNc1cccc(Sc2ccccc2Cl)c1[N+](=O)[O-]. The molecular formula is C13H11ClN2O2S. The fourth-order valence-electron chi connectivity index (χ4n) is 1.64. The van der Waals surface area contributed by atoms with Crippen LogP contribution in [-0.2, 0) is 0 Å². The molecule has 1 N–H and O–H groups in total. The standard InChI is InChI=1S/C13H11ClN2O2S/c1-15-10-6-4-8-12(13(10)16(17)18)19-11-7-3-2-5-9(11)14/h2-8,15H,1H3. The van der Waals surface area contributed by atoms with E-state index in [1.54, 1.807) is 31.3 Å². The van der Waals surface area contributed by atoms with Gasteiger partial charge in [-0.05, 0) is 24.3 Å². The highest BCUT2D eigenvalue weighted by Crippen LogP contribution is 2.41. The van der Waals surface area contributed by atoms with E-state index in [0.717, 1.165) is 4.90 Å². The Hall–Kier alpha value is -1.72. The van der Waals surface area contributed by atoms with E-state index in [4.69, 9.17) is 11.6 Å². The third-order valence-electron chi connectivity index (χ3n) is 2.51. The lowest BCUT2D eigenvalue weighted by atomic mass is 10.2. The van der Waals surface area contributed by atoms with E-state index in [9.17, 15) is 10.1 Å². The molecule has 0 unspecified atom stereocenters. The summed E-state index contributed by atoms with van der Waals surface area (Å²) < 4.78 is 0. The summed E-state index contributed by atoms with van der Waals surface area (Å²) in [5.74, 6) is 0. The second-order valence-corrected chi connectivity index (χ2v) is 5.18. The first-order chi connectivity index (χ1) is 9.13. The first kappa shape index (κ1) is 13.7. The molecule has 4 nitrogen and oxygen atoms in total. The summed E-state index contributed by atoms with van der Waals surface area (Å²) in [5.41, 5.74) is 0.553. The maximum Gasteiger partial charge on any atom is 0.306 e. The Kier molecular flexibility index (Phi) is 4.29. The van der Waals surface area contributed by atoms with Gasteiger partial charge in [-0.3, -0.25) is 10.1 Å². The number of para-hydroxylation sites is 1. The van der Waals surface area contributed by atoms with Crippen molar-refractivity contribution in [3.05, 3.63) is 57.6 Å². The zero-order chi connectivity index (χ0) is 13.8. The fraction of sp³-hybridized carbons (Fsp3) is 0.0769. The van der Waals surface area contributed by atoms with Crippen LogP contribution in [0.15, 0.2) is 52.3 Å². The van der Waals surface area contributed by atoms with E-state index < -0.39 is 0 Å². The molecule has 0 radical (unpaired) electrons. The molecule has 0 saturated heterocycles. The summed E-state index contributed by atoms with van der Waals surface area (Å²) >= 11 is 7.36. The number of hydrogen-bond donors (Lipinski definition) is 1. The van der Waals surface area contributed by atoms with Gasteiger partial charge in [-0.2, -0.15) is 0 Å². The number of nitro groups is 1. The molecular weight excluding hydrogens is 284 g/mol. The normalized spacial score (nSPS) is 10.2. The average molecular weight is 295 g/mol. The van der Waals surface area contributed by atoms with Gasteiger partial charge < -0.3 is 5.32 Å². The molecule has 0 aliphatic rings. The van der Waals surface area contributed by atoms with E-state index >= 15 is 0 Å². The van der Waals surface area contributed by atoms with Crippen molar-refractivity contribution in [1.29, 1.82) is 0 Å². The first-order valence-corrected chi connectivity index (χ1v) is 6.70. The van der Waals surface area contributed by atoms with Gasteiger partial charge in [0.15, 0.2) is 0 Å². The minimum absolute atomic E-state index is 0.0647. The number of anilines is 1. The molecule has 0 amide bonds. The van der Waals surface area contributed by atoms with E-state index in [2.05, 4.69) is 5.32 Å².